The highest BCUT2D eigenvalue weighted by Gasteiger charge is 2.36. The van der Waals surface area contributed by atoms with E-state index in [4.69, 9.17) is 4.74 Å². The van der Waals surface area contributed by atoms with Crippen molar-refractivity contribution in [2.24, 2.45) is 5.92 Å². The van der Waals surface area contributed by atoms with Gasteiger partial charge in [-0.1, -0.05) is 48.8 Å². The van der Waals surface area contributed by atoms with E-state index in [1.54, 1.807) is 60.4 Å². The molecule has 0 saturated heterocycles. The van der Waals surface area contributed by atoms with Crippen molar-refractivity contribution in [1.82, 2.24) is 10.2 Å². The van der Waals surface area contributed by atoms with Crippen molar-refractivity contribution >= 4 is 39.5 Å². The smallest absolute Gasteiger partial charge is 0.338 e. The Morgan fingerprint density at radius 3 is 2.35 bits per heavy atom. The van der Waals surface area contributed by atoms with E-state index in [0.29, 0.717) is 35.7 Å². The Kier molecular flexibility index (Phi) is 8.50. The molecule has 2 N–H and O–H groups in total. The highest BCUT2D eigenvalue weighted by Crippen LogP contribution is 2.32. The highest BCUT2D eigenvalue weighted by atomic mass is 79.9. The number of benzene rings is 2. The minimum atomic E-state index is -0.642. The van der Waals surface area contributed by atoms with Gasteiger partial charge in [0.05, 0.1) is 18.2 Å². The van der Waals surface area contributed by atoms with Gasteiger partial charge in [0.1, 0.15) is 0 Å². The molecule has 1 heterocycles. The lowest BCUT2D eigenvalue weighted by Crippen LogP contribution is -2.48. The summed E-state index contributed by atoms with van der Waals surface area (Å²) < 4.78 is 6.42. The van der Waals surface area contributed by atoms with E-state index in [0.717, 1.165) is 16.5 Å². The largest absolute Gasteiger partial charge is 0.462 e. The average molecular weight is 528 g/mol. The normalized spacial score (nSPS) is 15.9. The molecule has 1 atom stereocenters. The first-order valence-corrected chi connectivity index (χ1v) is 12.1. The molecule has 1 aliphatic rings. The summed E-state index contributed by atoms with van der Waals surface area (Å²) in [5.74, 6) is -0.470. The fraction of sp³-hybridized carbons (Fsp3) is 0.346. The van der Waals surface area contributed by atoms with Gasteiger partial charge in [0, 0.05) is 28.0 Å². The van der Waals surface area contributed by atoms with E-state index < -0.39 is 12.0 Å². The van der Waals surface area contributed by atoms with Crippen LogP contribution in [0.25, 0.3) is 0 Å². The van der Waals surface area contributed by atoms with Crippen LogP contribution >= 0.6 is 15.9 Å². The van der Waals surface area contributed by atoms with Crippen molar-refractivity contribution < 1.29 is 19.1 Å². The number of rotatable bonds is 8. The van der Waals surface area contributed by atoms with Gasteiger partial charge in [-0.05, 0) is 61.2 Å². The summed E-state index contributed by atoms with van der Waals surface area (Å²) in [5.41, 5.74) is 2.88. The van der Waals surface area contributed by atoms with Gasteiger partial charge in [-0.3, -0.25) is 9.69 Å². The summed E-state index contributed by atoms with van der Waals surface area (Å²) >= 11 is 3.36. The van der Waals surface area contributed by atoms with Crippen molar-refractivity contribution in [3.05, 3.63) is 75.4 Å². The Bertz CT molecular complexity index is 1080. The first-order chi connectivity index (χ1) is 16.2. The Hall–Kier alpha value is -3.13. The Morgan fingerprint density at radius 1 is 1.12 bits per heavy atom. The van der Waals surface area contributed by atoms with Gasteiger partial charge in [0.2, 0.25) is 0 Å². The SMILES string of the molecule is CCCN1C(=O)N[C@H](c2ccc(NC(=O)c3ccc(Br)cc3)cc2)C(C(=O)OCC(C)C)=C1C. The van der Waals surface area contributed by atoms with Crippen LogP contribution in [0.2, 0.25) is 0 Å². The molecular formula is C26H30BrN3O4. The molecule has 8 heteroatoms. The second-order valence-corrected chi connectivity index (χ2v) is 9.52. The zero-order valence-corrected chi connectivity index (χ0v) is 21.4. The van der Waals surface area contributed by atoms with Gasteiger partial charge in [-0.25, -0.2) is 9.59 Å². The van der Waals surface area contributed by atoms with E-state index in [-0.39, 0.29) is 17.9 Å². The maximum atomic E-state index is 13.0. The van der Waals surface area contributed by atoms with Crippen LogP contribution in [0, 0.1) is 5.92 Å². The first kappa shape index (κ1) is 25.5. The Morgan fingerprint density at radius 2 is 1.76 bits per heavy atom. The van der Waals surface area contributed by atoms with E-state index in [2.05, 4.69) is 26.6 Å². The monoisotopic (exact) mass is 527 g/mol. The van der Waals surface area contributed by atoms with Crippen LogP contribution < -0.4 is 10.6 Å². The number of nitrogens with zero attached hydrogens (tertiary/aromatic N) is 1. The molecule has 180 valence electrons. The van der Waals surface area contributed by atoms with Gasteiger partial charge >= 0.3 is 12.0 Å². The van der Waals surface area contributed by atoms with Crippen molar-refractivity contribution in [3.8, 4) is 0 Å². The Labute approximate surface area is 208 Å². The topological polar surface area (TPSA) is 87.7 Å². The molecule has 0 aromatic heterocycles. The highest BCUT2D eigenvalue weighted by molar-refractivity contribution is 9.10. The summed E-state index contributed by atoms with van der Waals surface area (Å²) in [6.07, 6.45) is 0.760. The fourth-order valence-corrected chi connectivity index (χ4v) is 3.94. The summed E-state index contributed by atoms with van der Waals surface area (Å²) in [7, 11) is 0. The maximum Gasteiger partial charge on any atom is 0.338 e. The number of halogens is 1. The predicted octanol–water partition coefficient (Wildman–Crippen LogP) is 5.65. The second-order valence-electron chi connectivity index (χ2n) is 8.61. The van der Waals surface area contributed by atoms with Gasteiger partial charge in [0.25, 0.3) is 5.91 Å². The van der Waals surface area contributed by atoms with Crippen molar-refractivity contribution in [1.29, 1.82) is 0 Å². The lowest BCUT2D eigenvalue weighted by atomic mass is 9.94. The van der Waals surface area contributed by atoms with Crippen LogP contribution in [-0.4, -0.2) is 36.0 Å². The number of nitrogens with one attached hydrogen (secondary N) is 2. The quantitative estimate of drug-likeness (QED) is 0.434. The van der Waals surface area contributed by atoms with Gasteiger partial charge in [0.15, 0.2) is 0 Å². The summed E-state index contributed by atoms with van der Waals surface area (Å²) in [5, 5.41) is 5.81. The first-order valence-electron chi connectivity index (χ1n) is 11.3. The number of carbonyl (C=O) groups excluding carboxylic acids is 3. The summed E-state index contributed by atoms with van der Waals surface area (Å²) in [6, 6.07) is 13.3. The number of ether oxygens (including phenoxy) is 1. The predicted molar refractivity (Wildman–Crippen MR) is 135 cm³/mol. The maximum absolute atomic E-state index is 13.0. The molecule has 0 saturated carbocycles. The lowest BCUT2D eigenvalue weighted by Gasteiger charge is -2.35. The molecule has 2 aromatic carbocycles. The van der Waals surface area contributed by atoms with Gasteiger partial charge < -0.3 is 15.4 Å². The number of hydrogen-bond acceptors (Lipinski definition) is 4. The molecule has 7 nitrogen and oxygen atoms in total. The minimum absolute atomic E-state index is 0.196. The average Bonchev–Trinajstić information content (AvgIpc) is 2.80. The zero-order valence-electron chi connectivity index (χ0n) is 19.9. The van der Waals surface area contributed by atoms with Crippen LogP contribution in [0.4, 0.5) is 10.5 Å². The molecule has 3 amide bonds. The number of allylic oxidation sites excluding steroid dienone is 1. The molecule has 2 aromatic rings. The molecule has 1 aliphatic heterocycles. The van der Waals surface area contributed by atoms with E-state index in [1.165, 1.54) is 0 Å². The lowest BCUT2D eigenvalue weighted by molar-refractivity contribution is -0.140. The number of esters is 1. The zero-order chi connectivity index (χ0) is 24.8. The van der Waals surface area contributed by atoms with E-state index in [1.807, 2.05) is 20.8 Å². The number of hydrogen-bond donors (Lipinski definition) is 2. The molecule has 0 spiro atoms. The van der Waals surface area contributed by atoms with Crippen LogP contribution in [0.3, 0.4) is 0 Å². The molecule has 0 aliphatic carbocycles. The fourth-order valence-electron chi connectivity index (χ4n) is 3.67. The summed E-state index contributed by atoms with van der Waals surface area (Å²) in [4.78, 5) is 39.9. The van der Waals surface area contributed by atoms with Crippen LogP contribution in [-0.2, 0) is 9.53 Å². The molecule has 0 radical (unpaired) electrons. The molecule has 0 fully saturated rings. The van der Waals surface area contributed by atoms with Gasteiger partial charge in [-0.15, -0.1) is 0 Å². The van der Waals surface area contributed by atoms with Crippen LogP contribution in [0.1, 0.15) is 56.1 Å². The molecular weight excluding hydrogens is 498 g/mol. The summed E-state index contributed by atoms with van der Waals surface area (Å²) in [6.45, 7) is 8.50. The number of urea groups is 1. The van der Waals surface area contributed by atoms with Crippen molar-refractivity contribution in [2.75, 3.05) is 18.5 Å². The molecule has 0 bridgehead atoms. The van der Waals surface area contributed by atoms with Crippen molar-refractivity contribution in [2.45, 2.75) is 40.2 Å². The van der Waals surface area contributed by atoms with Crippen LogP contribution in [0.15, 0.2) is 64.3 Å². The molecule has 3 rings (SSSR count). The van der Waals surface area contributed by atoms with Crippen LogP contribution in [0.5, 0.6) is 0 Å². The Balaban J connectivity index is 1.85. The second kappa shape index (κ2) is 11.3. The molecule has 0 unspecified atom stereocenters. The van der Waals surface area contributed by atoms with E-state index >= 15 is 0 Å². The molecule has 34 heavy (non-hydrogen) atoms. The third kappa shape index (κ3) is 6.05. The number of anilines is 1. The number of carbonyl (C=O) groups is 3. The van der Waals surface area contributed by atoms with Crippen molar-refractivity contribution in [3.63, 3.8) is 0 Å². The third-order valence-electron chi connectivity index (χ3n) is 5.42. The van der Waals surface area contributed by atoms with E-state index in [9.17, 15) is 14.4 Å². The standard InChI is InChI=1S/C26H30BrN3O4/c1-5-14-30-17(4)22(25(32)34-15-16(2)3)23(29-26(30)33)18-8-12-21(13-9-18)28-24(31)19-6-10-20(27)11-7-19/h6-13,16,23H,5,14-15H2,1-4H3,(H,28,31)(H,29,33)/t23-/m1/s1. The number of amides is 3. The minimum Gasteiger partial charge on any atom is -0.462 e. The third-order valence-corrected chi connectivity index (χ3v) is 5.95. The van der Waals surface area contributed by atoms with Gasteiger partial charge in [-0.2, -0.15) is 0 Å².